The van der Waals surface area contributed by atoms with Crippen molar-refractivity contribution in [3.63, 3.8) is 0 Å². The first-order valence-electron chi connectivity index (χ1n) is 7.41. The summed E-state index contributed by atoms with van der Waals surface area (Å²) < 4.78 is 5.20. The smallest absolute Gasteiger partial charge is 0.169 e. The Hall–Kier alpha value is -0.940. The molecule has 0 unspecified atom stereocenters. The minimum absolute atomic E-state index is 0.618. The molecule has 21 heavy (non-hydrogen) atoms. The average molecular weight is 325 g/mol. The molecule has 1 aliphatic carbocycles. The number of thioether (sulfide) groups is 1. The van der Waals surface area contributed by atoms with Crippen molar-refractivity contribution in [2.24, 2.45) is 0 Å². The molecule has 0 radical (unpaired) electrons. The Balaban J connectivity index is 1.87. The van der Waals surface area contributed by atoms with Crippen molar-refractivity contribution in [1.29, 1.82) is 0 Å². The molecule has 5 heteroatoms. The zero-order chi connectivity index (χ0) is 15.1. The number of benzene rings is 1. The molecule has 2 rings (SSSR count). The summed E-state index contributed by atoms with van der Waals surface area (Å²) in [4.78, 5) is 2.33. The minimum atomic E-state index is 0.618. The summed E-state index contributed by atoms with van der Waals surface area (Å²) in [6.07, 6.45) is 5.80. The van der Waals surface area contributed by atoms with Crippen molar-refractivity contribution >= 4 is 29.1 Å². The third-order valence-electron chi connectivity index (χ3n) is 3.56. The minimum Gasteiger partial charge on any atom is -0.497 e. The maximum Gasteiger partial charge on any atom is 0.169 e. The fraction of sp³-hybridized carbons (Fsp3) is 0.562. The summed E-state index contributed by atoms with van der Waals surface area (Å²) in [6.45, 7) is 1.84. The molecule has 0 saturated heterocycles. The molecule has 0 bridgehead atoms. The quantitative estimate of drug-likeness (QED) is 0.584. The Bertz CT molecular complexity index is 446. The highest BCUT2D eigenvalue weighted by Crippen LogP contribution is 2.28. The molecule has 1 saturated carbocycles. The molecular weight excluding hydrogens is 300 g/mol. The van der Waals surface area contributed by atoms with Gasteiger partial charge in [-0.25, -0.2) is 0 Å². The van der Waals surface area contributed by atoms with Crippen LogP contribution in [0.25, 0.3) is 0 Å². The zero-order valence-corrected chi connectivity index (χ0v) is 14.4. The monoisotopic (exact) mass is 324 g/mol. The van der Waals surface area contributed by atoms with E-state index in [1.807, 2.05) is 23.9 Å². The number of ether oxygens (including phenoxy) is 1. The van der Waals surface area contributed by atoms with E-state index in [4.69, 9.17) is 17.0 Å². The Morgan fingerprint density at radius 3 is 2.67 bits per heavy atom. The van der Waals surface area contributed by atoms with E-state index in [-0.39, 0.29) is 0 Å². The van der Waals surface area contributed by atoms with Crippen molar-refractivity contribution in [1.82, 2.24) is 10.2 Å². The summed E-state index contributed by atoms with van der Waals surface area (Å²) in [5, 5.41) is 4.30. The molecule has 1 aliphatic rings. The fourth-order valence-electron chi connectivity index (χ4n) is 2.19. The van der Waals surface area contributed by atoms with Crippen molar-refractivity contribution in [2.45, 2.75) is 31.8 Å². The molecule has 0 aromatic heterocycles. The van der Waals surface area contributed by atoms with Gasteiger partial charge in [0, 0.05) is 19.1 Å². The van der Waals surface area contributed by atoms with Crippen molar-refractivity contribution in [3.05, 3.63) is 29.8 Å². The first kappa shape index (κ1) is 16.4. The number of hydrogen-bond acceptors (Lipinski definition) is 3. The normalized spacial score (nSPS) is 13.8. The molecule has 0 amide bonds. The van der Waals surface area contributed by atoms with Crippen LogP contribution in [-0.2, 0) is 6.54 Å². The number of nitrogens with zero attached hydrogens (tertiary/aromatic N) is 1. The average Bonchev–Trinajstić information content (AvgIpc) is 3.34. The van der Waals surface area contributed by atoms with Crippen LogP contribution in [0.1, 0.15) is 24.8 Å². The summed E-state index contributed by atoms with van der Waals surface area (Å²) in [5.74, 6) is 2.08. The van der Waals surface area contributed by atoms with Crippen LogP contribution in [0.15, 0.2) is 24.3 Å². The molecule has 0 spiro atoms. The molecule has 1 N–H and O–H groups in total. The lowest BCUT2D eigenvalue weighted by Crippen LogP contribution is -2.41. The van der Waals surface area contributed by atoms with Crippen LogP contribution in [0.4, 0.5) is 0 Å². The summed E-state index contributed by atoms with van der Waals surface area (Å²) in [6, 6.07) is 8.87. The maximum atomic E-state index is 5.57. The number of methoxy groups -OCH3 is 1. The second-order valence-corrected chi connectivity index (χ2v) is 6.66. The second-order valence-electron chi connectivity index (χ2n) is 5.29. The molecule has 0 heterocycles. The lowest BCUT2D eigenvalue weighted by molar-refractivity contribution is 0.394. The molecule has 0 atom stereocenters. The molecule has 0 aliphatic heterocycles. The van der Waals surface area contributed by atoms with Crippen LogP contribution in [0.3, 0.4) is 0 Å². The van der Waals surface area contributed by atoms with Crippen LogP contribution < -0.4 is 10.1 Å². The van der Waals surface area contributed by atoms with Crippen molar-refractivity contribution < 1.29 is 4.74 Å². The van der Waals surface area contributed by atoms with E-state index < -0.39 is 0 Å². The number of nitrogens with one attached hydrogen (secondary N) is 1. The molecule has 1 fully saturated rings. The molecule has 116 valence electrons. The van der Waals surface area contributed by atoms with Crippen LogP contribution in [0.2, 0.25) is 0 Å². The maximum absolute atomic E-state index is 5.57. The predicted octanol–water partition coefficient (Wildman–Crippen LogP) is 3.29. The lowest BCUT2D eigenvalue weighted by Gasteiger charge is -2.26. The van der Waals surface area contributed by atoms with Gasteiger partial charge >= 0.3 is 0 Å². The molecule has 3 nitrogen and oxygen atoms in total. The lowest BCUT2D eigenvalue weighted by atomic mass is 10.2. The molecule has 1 aromatic carbocycles. The Kier molecular flexibility index (Phi) is 6.64. The van der Waals surface area contributed by atoms with E-state index in [0.717, 1.165) is 30.4 Å². The van der Waals surface area contributed by atoms with Crippen LogP contribution in [0, 0.1) is 0 Å². The Morgan fingerprint density at radius 2 is 2.10 bits per heavy atom. The van der Waals surface area contributed by atoms with Crippen LogP contribution in [0.5, 0.6) is 5.75 Å². The van der Waals surface area contributed by atoms with Crippen LogP contribution >= 0.6 is 24.0 Å². The van der Waals surface area contributed by atoms with Gasteiger partial charge in [0.05, 0.1) is 7.11 Å². The number of rotatable bonds is 8. The topological polar surface area (TPSA) is 24.5 Å². The van der Waals surface area contributed by atoms with Crippen LogP contribution in [-0.4, -0.2) is 41.7 Å². The highest BCUT2D eigenvalue weighted by molar-refractivity contribution is 7.98. The fourth-order valence-corrected chi connectivity index (χ4v) is 2.94. The van der Waals surface area contributed by atoms with Gasteiger partial charge in [-0.15, -0.1) is 0 Å². The van der Waals surface area contributed by atoms with E-state index in [1.54, 1.807) is 7.11 Å². The Labute approximate surface area is 137 Å². The van der Waals surface area contributed by atoms with Gasteiger partial charge < -0.3 is 15.0 Å². The molecular formula is C16H24N2OS2. The molecule has 1 aromatic rings. The third-order valence-corrected chi connectivity index (χ3v) is 4.64. The number of hydrogen-bond donors (Lipinski definition) is 1. The first-order valence-corrected chi connectivity index (χ1v) is 9.21. The van der Waals surface area contributed by atoms with Gasteiger partial charge in [0.15, 0.2) is 5.11 Å². The zero-order valence-electron chi connectivity index (χ0n) is 12.8. The summed E-state index contributed by atoms with van der Waals surface area (Å²) >= 11 is 7.45. The second kappa shape index (κ2) is 8.49. The van der Waals surface area contributed by atoms with Gasteiger partial charge in [-0.1, -0.05) is 12.1 Å². The van der Waals surface area contributed by atoms with Gasteiger partial charge in [-0.05, 0) is 61.2 Å². The number of thiocarbonyl (C=S) groups is 1. The van der Waals surface area contributed by atoms with E-state index in [9.17, 15) is 0 Å². The SMILES string of the molecule is COc1ccc(CN(C(=S)NCCCSC)C2CC2)cc1. The summed E-state index contributed by atoms with van der Waals surface area (Å²) in [7, 11) is 1.69. The van der Waals surface area contributed by atoms with Gasteiger partial charge in [-0.3, -0.25) is 0 Å². The van der Waals surface area contributed by atoms with E-state index in [0.29, 0.717) is 6.04 Å². The van der Waals surface area contributed by atoms with E-state index >= 15 is 0 Å². The van der Waals surface area contributed by atoms with Gasteiger partial charge in [-0.2, -0.15) is 11.8 Å². The first-order chi connectivity index (χ1) is 10.2. The largest absolute Gasteiger partial charge is 0.497 e. The Morgan fingerprint density at radius 1 is 1.38 bits per heavy atom. The van der Waals surface area contributed by atoms with Gasteiger partial charge in [0.25, 0.3) is 0 Å². The van der Waals surface area contributed by atoms with Crippen molar-refractivity contribution in [2.75, 3.05) is 25.7 Å². The highest BCUT2D eigenvalue weighted by atomic mass is 32.2. The van der Waals surface area contributed by atoms with Gasteiger partial charge in [0.1, 0.15) is 5.75 Å². The predicted molar refractivity (Wildman–Crippen MR) is 95.2 cm³/mol. The van der Waals surface area contributed by atoms with E-state index in [1.165, 1.54) is 24.2 Å². The third kappa shape index (κ3) is 5.40. The standard InChI is InChI=1S/C16H24N2OS2/c1-19-15-8-4-13(5-9-15)12-18(14-6-7-14)16(20)17-10-3-11-21-2/h4-5,8-9,14H,3,6-7,10-12H2,1-2H3,(H,17,20). The highest BCUT2D eigenvalue weighted by Gasteiger charge is 2.30. The van der Waals surface area contributed by atoms with E-state index in [2.05, 4.69) is 28.6 Å². The van der Waals surface area contributed by atoms with Crippen molar-refractivity contribution in [3.8, 4) is 5.75 Å². The van der Waals surface area contributed by atoms with Gasteiger partial charge in [0.2, 0.25) is 0 Å². The summed E-state index contributed by atoms with van der Waals surface area (Å²) in [5.41, 5.74) is 1.27.